The third kappa shape index (κ3) is 3.81. The second-order valence-corrected chi connectivity index (χ2v) is 5.57. The van der Waals surface area contributed by atoms with E-state index in [4.69, 9.17) is 19.3 Å². The molecule has 0 saturated carbocycles. The van der Waals surface area contributed by atoms with Crippen molar-refractivity contribution < 1.29 is 55.1 Å². The van der Waals surface area contributed by atoms with Gasteiger partial charge < -0.3 is 55.1 Å². The molecule has 0 spiro atoms. The first-order valence-electron chi connectivity index (χ1n) is 7.07. The van der Waals surface area contributed by atoms with Crippen LogP contribution in [0.15, 0.2) is 0 Å². The van der Waals surface area contributed by atoms with Crippen molar-refractivity contribution in [2.75, 3.05) is 13.2 Å². The zero-order valence-corrected chi connectivity index (χ0v) is 12.0. The molecule has 2 fully saturated rings. The summed E-state index contributed by atoms with van der Waals surface area (Å²) in [5, 5.41) is 76.1. The molecule has 8 N–H and O–H groups in total. The topological polar surface area (TPSA) is 190 Å². The first-order valence-corrected chi connectivity index (χ1v) is 7.07. The summed E-state index contributed by atoms with van der Waals surface area (Å²) >= 11 is 0. The van der Waals surface area contributed by atoms with Crippen LogP contribution in [0.4, 0.5) is 0 Å². The molecule has 2 aliphatic heterocycles. The molecule has 10 atom stereocenters. The van der Waals surface area contributed by atoms with Crippen LogP contribution in [0.3, 0.4) is 0 Å². The molecule has 23 heavy (non-hydrogen) atoms. The van der Waals surface area contributed by atoms with Crippen molar-refractivity contribution in [3.05, 3.63) is 0 Å². The summed E-state index contributed by atoms with van der Waals surface area (Å²) in [5.74, 6) is 0. The van der Waals surface area contributed by atoms with Gasteiger partial charge in [-0.2, -0.15) is 0 Å². The summed E-state index contributed by atoms with van der Waals surface area (Å²) in [7, 11) is 0. The van der Waals surface area contributed by atoms with E-state index < -0.39 is 74.6 Å². The Hall–Kier alpha value is -0.440. The smallest absolute Gasteiger partial charge is 0.186 e. The van der Waals surface area contributed by atoms with Crippen LogP contribution in [0.1, 0.15) is 0 Å². The Morgan fingerprint density at radius 1 is 0.652 bits per heavy atom. The molecule has 2 aliphatic rings. The molecule has 0 amide bonds. The number of rotatable bonds is 4. The van der Waals surface area contributed by atoms with E-state index in [1.807, 2.05) is 0 Å². The summed E-state index contributed by atoms with van der Waals surface area (Å²) in [6.07, 6.45) is -15.3. The molecular formula is C12H22O11. The third-order valence-electron chi connectivity index (χ3n) is 3.96. The van der Waals surface area contributed by atoms with E-state index in [9.17, 15) is 35.7 Å². The van der Waals surface area contributed by atoms with Gasteiger partial charge in [0.1, 0.15) is 48.8 Å². The van der Waals surface area contributed by atoms with Gasteiger partial charge in [0.05, 0.1) is 13.2 Å². The van der Waals surface area contributed by atoms with Crippen molar-refractivity contribution in [1.82, 2.24) is 0 Å². The highest BCUT2D eigenvalue weighted by Gasteiger charge is 2.46. The second-order valence-electron chi connectivity index (χ2n) is 5.57. The lowest BCUT2D eigenvalue weighted by Crippen LogP contribution is -2.61. The predicted octanol–water partition coefficient (Wildman–Crippen LogP) is -5.40. The molecule has 0 bridgehead atoms. The average Bonchev–Trinajstić information content (AvgIpc) is 2.54. The van der Waals surface area contributed by atoms with Gasteiger partial charge >= 0.3 is 0 Å². The molecule has 2 rings (SSSR count). The van der Waals surface area contributed by atoms with E-state index in [0.717, 1.165) is 0 Å². The van der Waals surface area contributed by atoms with Gasteiger partial charge in [0.15, 0.2) is 12.6 Å². The van der Waals surface area contributed by atoms with Crippen molar-refractivity contribution in [1.29, 1.82) is 0 Å². The summed E-state index contributed by atoms with van der Waals surface area (Å²) in [4.78, 5) is 0. The second kappa shape index (κ2) is 7.63. The van der Waals surface area contributed by atoms with Gasteiger partial charge in [0.25, 0.3) is 0 Å². The Balaban J connectivity index is 1.94. The van der Waals surface area contributed by atoms with Gasteiger partial charge in [0.2, 0.25) is 0 Å². The maximum atomic E-state index is 9.78. The fourth-order valence-electron chi connectivity index (χ4n) is 2.46. The fourth-order valence-corrected chi connectivity index (χ4v) is 2.46. The molecule has 136 valence electrons. The number of hydrogen-bond donors (Lipinski definition) is 8. The highest BCUT2D eigenvalue weighted by molar-refractivity contribution is 4.91. The van der Waals surface area contributed by atoms with Gasteiger partial charge in [-0.05, 0) is 0 Å². The lowest BCUT2D eigenvalue weighted by Gasteiger charge is -2.41. The van der Waals surface area contributed by atoms with Crippen LogP contribution in [-0.4, -0.2) is 115 Å². The van der Waals surface area contributed by atoms with Crippen molar-refractivity contribution in [3.63, 3.8) is 0 Å². The number of aliphatic hydroxyl groups is 8. The van der Waals surface area contributed by atoms with E-state index in [1.165, 1.54) is 0 Å². The van der Waals surface area contributed by atoms with Crippen molar-refractivity contribution in [2.24, 2.45) is 0 Å². The first kappa shape index (κ1) is 18.9. The van der Waals surface area contributed by atoms with Crippen molar-refractivity contribution in [2.45, 2.75) is 61.4 Å². The normalized spacial score (nSPS) is 51.7. The van der Waals surface area contributed by atoms with Crippen LogP contribution in [-0.2, 0) is 14.2 Å². The highest BCUT2D eigenvalue weighted by atomic mass is 16.7. The highest BCUT2D eigenvalue weighted by Crippen LogP contribution is 2.24. The minimum Gasteiger partial charge on any atom is -0.394 e. The standard InChI is InChI=1S/C12H22O11/c13-1-3-5(14)8(17)10(19)12(23-3)21-2-4-6(15)7(16)9(18)11(20)22-4/h3-20H,1-2H2/t3-,4-,5-,6+,7-,8+,9-,10-,11?,12+/m1/s1. The van der Waals surface area contributed by atoms with Crippen LogP contribution < -0.4 is 0 Å². The Labute approximate surface area is 130 Å². The molecule has 0 aromatic rings. The molecule has 0 aromatic heterocycles. The summed E-state index contributed by atoms with van der Waals surface area (Å²) < 4.78 is 15.1. The minimum absolute atomic E-state index is 0.468. The average molecular weight is 342 g/mol. The number of hydrogen-bond acceptors (Lipinski definition) is 11. The van der Waals surface area contributed by atoms with Gasteiger partial charge in [-0.1, -0.05) is 0 Å². The maximum Gasteiger partial charge on any atom is 0.186 e. The van der Waals surface area contributed by atoms with Gasteiger partial charge in [-0.3, -0.25) is 0 Å². The van der Waals surface area contributed by atoms with Crippen LogP contribution in [0, 0.1) is 0 Å². The molecule has 0 radical (unpaired) electrons. The molecule has 1 unspecified atom stereocenters. The zero-order chi connectivity index (χ0) is 17.3. The maximum absolute atomic E-state index is 9.78. The molecule has 2 heterocycles. The SMILES string of the molecule is OC[C@H]1O[C@H](OC[C@H]2OC(O)[C@H](O)[C@H](O)[C@H]2O)[C@H](O)[C@@H](O)[C@@H]1O. The summed E-state index contributed by atoms with van der Waals surface area (Å²) in [5.41, 5.74) is 0. The molecule has 11 nitrogen and oxygen atoms in total. The molecule has 0 aromatic carbocycles. The van der Waals surface area contributed by atoms with Crippen molar-refractivity contribution in [3.8, 4) is 0 Å². The van der Waals surface area contributed by atoms with Gasteiger partial charge in [0, 0.05) is 0 Å². The predicted molar refractivity (Wildman–Crippen MR) is 68.6 cm³/mol. The lowest BCUT2D eigenvalue weighted by molar-refractivity contribution is -0.325. The van der Waals surface area contributed by atoms with Crippen molar-refractivity contribution >= 4 is 0 Å². The van der Waals surface area contributed by atoms with E-state index >= 15 is 0 Å². The lowest BCUT2D eigenvalue weighted by atomic mass is 9.98. The van der Waals surface area contributed by atoms with Crippen LogP contribution in [0.25, 0.3) is 0 Å². The van der Waals surface area contributed by atoms with Gasteiger partial charge in [-0.25, -0.2) is 0 Å². The largest absolute Gasteiger partial charge is 0.394 e. The van der Waals surface area contributed by atoms with E-state index in [-0.39, 0.29) is 0 Å². The fraction of sp³-hybridized carbons (Fsp3) is 1.00. The van der Waals surface area contributed by atoms with E-state index in [0.29, 0.717) is 0 Å². The number of ether oxygens (including phenoxy) is 3. The minimum atomic E-state index is -1.74. The molecule has 2 saturated heterocycles. The molecule has 0 aliphatic carbocycles. The van der Waals surface area contributed by atoms with Crippen LogP contribution in [0.2, 0.25) is 0 Å². The summed E-state index contributed by atoms with van der Waals surface area (Å²) in [6, 6.07) is 0. The van der Waals surface area contributed by atoms with Gasteiger partial charge in [-0.15, -0.1) is 0 Å². The Bertz CT molecular complexity index is 380. The Morgan fingerprint density at radius 3 is 1.83 bits per heavy atom. The quantitative estimate of drug-likeness (QED) is 0.243. The Morgan fingerprint density at radius 2 is 1.22 bits per heavy atom. The van der Waals surface area contributed by atoms with Crippen LogP contribution >= 0.6 is 0 Å². The number of aliphatic hydroxyl groups excluding tert-OH is 8. The van der Waals surface area contributed by atoms with E-state index in [2.05, 4.69) is 0 Å². The van der Waals surface area contributed by atoms with Crippen LogP contribution in [0.5, 0.6) is 0 Å². The van der Waals surface area contributed by atoms with E-state index in [1.54, 1.807) is 0 Å². The Kier molecular flexibility index (Phi) is 6.27. The molecular weight excluding hydrogens is 320 g/mol. The third-order valence-corrected chi connectivity index (χ3v) is 3.96. The first-order chi connectivity index (χ1) is 10.8. The zero-order valence-electron chi connectivity index (χ0n) is 12.0. The molecule has 11 heteroatoms. The summed E-state index contributed by atoms with van der Waals surface area (Å²) in [6.45, 7) is -1.10. The monoisotopic (exact) mass is 342 g/mol.